The molecule has 1 amide bonds. The third kappa shape index (κ3) is 2.21. The number of aliphatic hydroxyl groups excluding tert-OH is 1. The van der Waals surface area contributed by atoms with Crippen molar-refractivity contribution < 1.29 is 9.90 Å². The van der Waals surface area contributed by atoms with Crippen molar-refractivity contribution in [2.24, 2.45) is 5.41 Å². The Morgan fingerprint density at radius 2 is 2.33 bits per heavy atom. The van der Waals surface area contributed by atoms with Gasteiger partial charge in [-0.2, -0.15) is 0 Å². The molecule has 0 aromatic carbocycles. The molecule has 2 atom stereocenters. The third-order valence-electron chi connectivity index (χ3n) is 3.96. The number of aromatic nitrogens is 1. The fourth-order valence-corrected chi connectivity index (χ4v) is 2.77. The van der Waals surface area contributed by atoms with E-state index in [1.807, 2.05) is 37.6 Å². The maximum Gasteiger partial charge on any atom is 0.268 e. The number of nitrogens with zero attached hydrogens (tertiary/aromatic N) is 1. The monoisotopic (exact) mass is 314 g/mol. The first-order valence-corrected chi connectivity index (χ1v) is 7.00. The maximum absolute atomic E-state index is 12.2. The van der Waals surface area contributed by atoms with Crippen LogP contribution in [-0.2, 0) is 6.54 Å². The Kier molecular flexibility index (Phi) is 3.56. The van der Waals surface area contributed by atoms with Crippen LogP contribution in [0.25, 0.3) is 0 Å². The Morgan fingerprint density at radius 3 is 2.83 bits per heavy atom. The summed E-state index contributed by atoms with van der Waals surface area (Å²) in [5.74, 6) is -0.0764. The zero-order chi connectivity index (χ0) is 13.5. The van der Waals surface area contributed by atoms with Gasteiger partial charge >= 0.3 is 0 Å². The van der Waals surface area contributed by atoms with Gasteiger partial charge in [-0.25, -0.2) is 0 Å². The van der Waals surface area contributed by atoms with Crippen molar-refractivity contribution >= 4 is 21.8 Å². The lowest BCUT2D eigenvalue weighted by atomic mass is 9.64. The molecular weight excluding hydrogens is 296 g/mol. The van der Waals surface area contributed by atoms with Crippen LogP contribution in [0.5, 0.6) is 0 Å². The fraction of sp³-hybridized carbons (Fsp3) is 0.615. The van der Waals surface area contributed by atoms with E-state index in [2.05, 4.69) is 21.2 Å². The van der Waals surface area contributed by atoms with Crippen LogP contribution in [0.1, 0.15) is 37.7 Å². The van der Waals surface area contributed by atoms with Crippen LogP contribution >= 0.6 is 15.9 Å². The predicted molar refractivity (Wildman–Crippen MR) is 73.5 cm³/mol. The first-order valence-electron chi connectivity index (χ1n) is 6.20. The summed E-state index contributed by atoms with van der Waals surface area (Å²) >= 11 is 3.38. The number of carbonyl (C=O) groups is 1. The molecule has 0 aliphatic heterocycles. The van der Waals surface area contributed by atoms with Gasteiger partial charge in [0.25, 0.3) is 5.91 Å². The molecule has 1 aromatic heterocycles. The second-order valence-corrected chi connectivity index (χ2v) is 6.34. The molecule has 0 saturated heterocycles. The molecule has 1 aromatic rings. The highest BCUT2D eigenvalue weighted by Crippen LogP contribution is 2.40. The molecule has 2 N–H and O–H groups in total. The maximum atomic E-state index is 12.2. The molecule has 2 rings (SSSR count). The molecule has 1 fully saturated rings. The van der Waals surface area contributed by atoms with Gasteiger partial charge in [0.2, 0.25) is 0 Å². The molecule has 1 aliphatic rings. The van der Waals surface area contributed by atoms with E-state index in [9.17, 15) is 9.90 Å². The number of hydrogen-bond acceptors (Lipinski definition) is 2. The van der Waals surface area contributed by atoms with E-state index >= 15 is 0 Å². The zero-order valence-electron chi connectivity index (χ0n) is 10.9. The standard InChI is InChI=1S/C13H19BrN2O2/c1-4-16-7-8(14)5-9(16)12(18)15-10-6-11(17)13(10,2)3/h5,7,10-11,17H,4,6H2,1-3H3,(H,15,18). The van der Waals surface area contributed by atoms with Crippen LogP contribution in [0, 0.1) is 5.41 Å². The summed E-state index contributed by atoms with van der Waals surface area (Å²) in [6.07, 6.45) is 2.20. The number of aliphatic hydroxyl groups is 1. The summed E-state index contributed by atoms with van der Waals surface area (Å²) < 4.78 is 2.81. The van der Waals surface area contributed by atoms with Crippen molar-refractivity contribution in [3.8, 4) is 0 Å². The lowest BCUT2D eigenvalue weighted by Crippen LogP contribution is -2.61. The van der Waals surface area contributed by atoms with Gasteiger partial charge < -0.3 is 15.0 Å². The number of carbonyl (C=O) groups excluding carboxylic acids is 1. The molecule has 5 heteroatoms. The van der Waals surface area contributed by atoms with Gasteiger partial charge in [0.15, 0.2) is 0 Å². The lowest BCUT2D eigenvalue weighted by molar-refractivity contribution is -0.0690. The Balaban J connectivity index is 2.09. The van der Waals surface area contributed by atoms with Crippen molar-refractivity contribution in [3.05, 3.63) is 22.4 Å². The Labute approximate surface area is 116 Å². The number of halogens is 1. The van der Waals surface area contributed by atoms with Crippen LogP contribution in [0.15, 0.2) is 16.7 Å². The minimum atomic E-state index is -0.326. The normalized spacial score (nSPS) is 25.6. The van der Waals surface area contributed by atoms with Crippen molar-refractivity contribution in [2.45, 2.75) is 45.9 Å². The minimum absolute atomic E-state index is 0.0407. The van der Waals surface area contributed by atoms with Crippen LogP contribution in [0.2, 0.25) is 0 Å². The van der Waals surface area contributed by atoms with Crippen molar-refractivity contribution in [1.29, 1.82) is 0 Å². The highest BCUT2D eigenvalue weighted by Gasteiger charge is 2.48. The summed E-state index contributed by atoms with van der Waals surface area (Å²) in [5.41, 5.74) is 0.415. The SMILES string of the molecule is CCn1cc(Br)cc1C(=O)NC1CC(O)C1(C)C. The van der Waals surface area contributed by atoms with Crippen molar-refractivity contribution in [2.75, 3.05) is 0 Å². The number of hydrogen-bond donors (Lipinski definition) is 2. The number of nitrogens with one attached hydrogen (secondary N) is 1. The van der Waals surface area contributed by atoms with Gasteiger partial charge in [-0.1, -0.05) is 13.8 Å². The second-order valence-electron chi connectivity index (χ2n) is 5.43. The Hall–Kier alpha value is -0.810. The molecule has 1 saturated carbocycles. The van der Waals surface area contributed by atoms with E-state index < -0.39 is 0 Å². The topological polar surface area (TPSA) is 54.3 Å². The van der Waals surface area contributed by atoms with Gasteiger partial charge in [0.05, 0.1) is 6.10 Å². The van der Waals surface area contributed by atoms with Gasteiger partial charge in [0.1, 0.15) is 5.69 Å². The summed E-state index contributed by atoms with van der Waals surface area (Å²) in [6.45, 7) is 6.70. The van der Waals surface area contributed by atoms with E-state index in [-0.39, 0.29) is 23.5 Å². The summed E-state index contributed by atoms with van der Waals surface area (Å²) in [5, 5.41) is 12.7. The number of rotatable bonds is 3. The first kappa shape index (κ1) is 13.6. The van der Waals surface area contributed by atoms with Gasteiger partial charge in [0, 0.05) is 28.7 Å². The van der Waals surface area contributed by atoms with E-state index in [1.54, 1.807) is 0 Å². The van der Waals surface area contributed by atoms with Crippen molar-refractivity contribution in [3.63, 3.8) is 0 Å². The van der Waals surface area contributed by atoms with Gasteiger partial charge in [-0.05, 0) is 35.3 Å². The molecule has 0 bridgehead atoms. The molecule has 2 unspecified atom stereocenters. The molecule has 1 aliphatic carbocycles. The second kappa shape index (κ2) is 4.70. The highest BCUT2D eigenvalue weighted by molar-refractivity contribution is 9.10. The largest absolute Gasteiger partial charge is 0.392 e. The minimum Gasteiger partial charge on any atom is -0.392 e. The highest BCUT2D eigenvalue weighted by atomic mass is 79.9. The van der Waals surface area contributed by atoms with Crippen LogP contribution in [0.3, 0.4) is 0 Å². The summed E-state index contributed by atoms with van der Waals surface area (Å²) in [7, 11) is 0. The smallest absolute Gasteiger partial charge is 0.268 e. The molecule has 4 nitrogen and oxygen atoms in total. The van der Waals surface area contributed by atoms with E-state index in [4.69, 9.17) is 0 Å². The Morgan fingerprint density at radius 1 is 1.67 bits per heavy atom. The fourth-order valence-electron chi connectivity index (χ4n) is 2.31. The average Bonchev–Trinajstić information content (AvgIpc) is 2.70. The molecular formula is C13H19BrN2O2. The number of amides is 1. The van der Waals surface area contributed by atoms with Gasteiger partial charge in [-0.3, -0.25) is 4.79 Å². The predicted octanol–water partition coefficient (Wildman–Crippen LogP) is 2.16. The van der Waals surface area contributed by atoms with Crippen LogP contribution in [-0.4, -0.2) is 27.7 Å². The zero-order valence-corrected chi connectivity index (χ0v) is 12.5. The summed E-state index contributed by atoms with van der Waals surface area (Å²) in [6, 6.07) is 1.86. The molecule has 0 spiro atoms. The molecule has 0 radical (unpaired) electrons. The van der Waals surface area contributed by atoms with E-state index in [0.717, 1.165) is 11.0 Å². The van der Waals surface area contributed by atoms with Crippen molar-refractivity contribution in [1.82, 2.24) is 9.88 Å². The third-order valence-corrected chi connectivity index (χ3v) is 4.39. The number of aryl methyl sites for hydroxylation is 1. The quantitative estimate of drug-likeness (QED) is 0.898. The van der Waals surface area contributed by atoms with Gasteiger partial charge in [-0.15, -0.1) is 0 Å². The van der Waals surface area contributed by atoms with E-state index in [1.165, 1.54) is 0 Å². The molecule has 100 valence electrons. The van der Waals surface area contributed by atoms with E-state index in [0.29, 0.717) is 12.1 Å². The summed E-state index contributed by atoms with van der Waals surface area (Å²) in [4.78, 5) is 12.2. The Bertz CT molecular complexity index is 468. The lowest BCUT2D eigenvalue weighted by Gasteiger charge is -2.49. The first-order chi connectivity index (χ1) is 8.36. The average molecular weight is 315 g/mol. The molecule has 18 heavy (non-hydrogen) atoms. The van der Waals surface area contributed by atoms with Crippen LogP contribution in [0.4, 0.5) is 0 Å². The molecule has 1 heterocycles. The van der Waals surface area contributed by atoms with Crippen LogP contribution < -0.4 is 5.32 Å².